The molecule has 7 nitrogen and oxygen atoms in total. The number of hydroxylamine groups is 1. The number of alkyl halides is 2. The number of hydrogen-bond acceptors (Lipinski definition) is 6. The first-order chi connectivity index (χ1) is 18.8. The van der Waals surface area contributed by atoms with Gasteiger partial charge in [-0.1, -0.05) is 0 Å². The number of aromatic nitrogens is 1. The number of methoxy groups -OCH3 is 1. The Morgan fingerprint density at radius 1 is 1.15 bits per heavy atom. The Morgan fingerprint density at radius 3 is 2.51 bits per heavy atom. The molecule has 1 saturated heterocycles. The van der Waals surface area contributed by atoms with Crippen molar-refractivity contribution in [3.8, 4) is 11.5 Å². The lowest BCUT2D eigenvalue weighted by Gasteiger charge is -2.40. The molecule has 2 aromatic carbocycles. The fraction of sp³-hybridized carbons (Fsp3) is 0.429. The predicted molar refractivity (Wildman–Crippen MR) is 136 cm³/mol. The summed E-state index contributed by atoms with van der Waals surface area (Å²) >= 11 is 0. The van der Waals surface area contributed by atoms with Gasteiger partial charge in [0, 0.05) is 47.5 Å². The fourth-order valence-corrected chi connectivity index (χ4v) is 5.20. The van der Waals surface area contributed by atoms with Crippen LogP contribution in [0.25, 0.3) is 10.9 Å². The molecule has 11 heteroatoms. The number of amides is 1. The molecule has 0 aliphatic carbocycles. The van der Waals surface area contributed by atoms with Crippen molar-refractivity contribution in [1.82, 2.24) is 15.4 Å². The number of benzene rings is 2. The number of piperidine rings is 1. The van der Waals surface area contributed by atoms with Crippen LogP contribution in [0.15, 0.2) is 42.6 Å². The summed E-state index contributed by atoms with van der Waals surface area (Å²) in [6, 6.07) is 7.95. The van der Waals surface area contributed by atoms with E-state index in [1.54, 1.807) is 23.7 Å². The molecule has 1 aliphatic heterocycles. The van der Waals surface area contributed by atoms with Gasteiger partial charge in [0.25, 0.3) is 0 Å². The van der Waals surface area contributed by atoms with Crippen molar-refractivity contribution in [3.05, 3.63) is 65.4 Å². The predicted octanol–water partition coefficient (Wildman–Crippen LogP) is 5.45. The van der Waals surface area contributed by atoms with Crippen LogP contribution in [0.3, 0.4) is 0 Å². The lowest BCUT2D eigenvalue weighted by Crippen LogP contribution is -2.49. The highest BCUT2D eigenvalue weighted by molar-refractivity contribution is 5.85. The maximum Gasteiger partial charge on any atom is 0.249 e. The van der Waals surface area contributed by atoms with E-state index in [1.165, 1.54) is 13.3 Å². The monoisotopic (exact) mass is 549 g/mol. The van der Waals surface area contributed by atoms with Crippen molar-refractivity contribution in [2.45, 2.75) is 38.5 Å². The molecule has 2 heterocycles. The van der Waals surface area contributed by atoms with E-state index in [0.717, 1.165) is 18.2 Å². The number of fused-ring (bicyclic) bond motifs is 1. The van der Waals surface area contributed by atoms with E-state index in [1.807, 2.05) is 4.90 Å². The summed E-state index contributed by atoms with van der Waals surface area (Å²) in [6.07, 6.45) is 0.516. The molecule has 4 rings (SSSR count). The van der Waals surface area contributed by atoms with Gasteiger partial charge in [-0.3, -0.25) is 19.9 Å². The highest BCUT2D eigenvalue weighted by Gasteiger charge is 2.41. The summed E-state index contributed by atoms with van der Waals surface area (Å²) in [4.78, 5) is 19.0. The molecule has 0 unspecified atom stereocenters. The topological polar surface area (TPSA) is 83.9 Å². The Kier molecular flexibility index (Phi) is 9.24. The summed E-state index contributed by atoms with van der Waals surface area (Å²) in [5.41, 5.74) is 1.54. The van der Waals surface area contributed by atoms with Gasteiger partial charge in [0.2, 0.25) is 5.91 Å². The highest BCUT2D eigenvalue weighted by Crippen LogP contribution is 2.41. The van der Waals surface area contributed by atoms with Gasteiger partial charge < -0.3 is 9.47 Å². The Morgan fingerprint density at radius 2 is 1.87 bits per heavy atom. The van der Waals surface area contributed by atoms with E-state index in [2.05, 4.69) is 4.98 Å². The number of likely N-dealkylation sites (tertiary alicyclic amines) is 1. The van der Waals surface area contributed by atoms with Crippen LogP contribution in [-0.2, 0) is 11.5 Å². The van der Waals surface area contributed by atoms with Crippen LogP contribution in [0, 0.1) is 17.0 Å². The quantitative estimate of drug-likeness (QED) is 0.188. The Hall–Kier alpha value is -3.44. The molecule has 3 aromatic rings. The molecule has 1 aliphatic rings. The fourth-order valence-electron chi connectivity index (χ4n) is 5.20. The first-order valence-electron chi connectivity index (χ1n) is 12.7. The number of rotatable bonds is 11. The molecule has 1 fully saturated rings. The molecule has 210 valence electrons. The third kappa shape index (κ3) is 6.59. The first kappa shape index (κ1) is 28.6. The second kappa shape index (κ2) is 12.6. The van der Waals surface area contributed by atoms with E-state index < -0.39 is 35.8 Å². The molecule has 0 saturated carbocycles. The summed E-state index contributed by atoms with van der Waals surface area (Å²) in [7, 11) is 1.48. The first-order valence-corrected chi connectivity index (χ1v) is 12.7. The van der Waals surface area contributed by atoms with Gasteiger partial charge in [-0.15, -0.1) is 0 Å². The number of ether oxygens (including phenoxy) is 2. The summed E-state index contributed by atoms with van der Waals surface area (Å²) in [5.74, 6) is -1.48. The van der Waals surface area contributed by atoms with Gasteiger partial charge in [0.05, 0.1) is 18.0 Å². The van der Waals surface area contributed by atoms with E-state index in [9.17, 15) is 23.2 Å². The molecule has 1 atom stereocenters. The van der Waals surface area contributed by atoms with Crippen molar-refractivity contribution in [2.75, 3.05) is 33.4 Å². The van der Waals surface area contributed by atoms with Crippen LogP contribution >= 0.6 is 0 Å². The summed E-state index contributed by atoms with van der Waals surface area (Å²) in [6.45, 7) is 0.675. The number of nitrogens with one attached hydrogen (secondary N) is 1. The molecule has 1 aromatic heterocycles. The Balaban J connectivity index is 1.41. The lowest BCUT2D eigenvalue weighted by atomic mass is 9.73. The number of hydrogen-bond donors (Lipinski definition) is 2. The van der Waals surface area contributed by atoms with E-state index >= 15 is 4.39 Å². The van der Waals surface area contributed by atoms with Crippen LogP contribution in [0.4, 0.5) is 17.6 Å². The number of carbonyl (C=O) groups excluding carboxylic acids is 1. The van der Waals surface area contributed by atoms with Gasteiger partial charge in [-0.05, 0) is 57.0 Å². The minimum absolute atomic E-state index is 0.0645. The number of nitrogens with zero attached hydrogens (tertiary/aromatic N) is 2. The van der Waals surface area contributed by atoms with Crippen molar-refractivity contribution in [3.63, 3.8) is 0 Å². The van der Waals surface area contributed by atoms with Crippen molar-refractivity contribution in [1.29, 1.82) is 0 Å². The SMILES string of the molecule is COc1ccc2ncc(CF)c([C@H](F)CCC3(C(=O)NO)CCN(CCOc4cc(F)cc(F)c4)CC3)c2c1. The third-order valence-corrected chi connectivity index (χ3v) is 7.44. The molecule has 2 N–H and O–H groups in total. The van der Waals surface area contributed by atoms with Gasteiger partial charge in [0.15, 0.2) is 0 Å². The van der Waals surface area contributed by atoms with Gasteiger partial charge in [-0.25, -0.2) is 23.0 Å². The zero-order valence-electron chi connectivity index (χ0n) is 21.6. The normalized spacial score (nSPS) is 16.2. The molecular weight excluding hydrogens is 518 g/mol. The number of pyridine rings is 1. The smallest absolute Gasteiger partial charge is 0.249 e. The molecule has 39 heavy (non-hydrogen) atoms. The summed E-state index contributed by atoms with van der Waals surface area (Å²) in [5, 5.41) is 9.88. The van der Waals surface area contributed by atoms with Crippen molar-refractivity contribution >= 4 is 16.8 Å². The van der Waals surface area contributed by atoms with Crippen molar-refractivity contribution < 1.29 is 37.0 Å². The van der Waals surface area contributed by atoms with Crippen molar-refractivity contribution in [2.24, 2.45) is 5.41 Å². The zero-order chi connectivity index (χ0) is 28.0. The Labute approximate surface area is 223 Å². The largest absolute Gasteiger partial charge is 0.497 e. The lowest BCUT2D eigenvalue weighted by molar-refractivity contribution is -0.143. The van der Waals surface area contributed by atoms with E-state index in [4.69, 9.17) is 9.47 Å². The van der Waals surface area contributed by atoms with E-state index in [-0.39, 0.29) is 36.3 Å². The second-order valence-corrected chi connectivity index (χ2v) is 9.74. The average Bonchev–Trinajstić information content (AvgIpc) is 2.94. The molecule has 0 bridgehead atoms. The standard InChI is InChI=1S/C28H31F4N3O4/c1-38-21-2-3-25-23(15-21)26(18(16-29)17-33-25)24(32)4-5-28(27(36)34-37)6-8-35(9-7-28)10-11-39-22-13-19(30)12-20(31)14-22/h2-3,12-15,17,24,37H,4-11,16H2,1H3,(H,34,36)/t24-/m1/s1. The van der Waals surface area contributed by atoms with E-state index in [0.29, 0.717) is 49.1 Å². The van der Waals surface area contributed by atoms with Gasteiger partial charge >= 0.3 is 0 Å². The third-order valence-electron chi connectivity index (χ3n) is 7.44. The van der Waals surface area contributed by atoms with Crippen LogP contribution < -0.4 is 15.0 Å². The van der Waals surface area contributed by atoms with Gasteiger partial charge in [0.1, 0.15) is 42.6 Å². The van der Waals surface area contributed by atoms with Gasteiger partial charge in [-0.2, -0.15) is 0 Å². The molecule has 1 amide bonds. The van der Waals surface area contributed by atoms with Crippen LogP contribution in [0.5, 0.6) is 11.5 Å². The molecular formula is C28H31F4N3O4. The summed E-state index contributed by atoms with van der Waals surface area (Å²) < 4.78 is 67.0. The minimum atomic E-state index is -1.57. The van der Waals surface area contributed by atoms with Crippen LogP contribution in [0.2, 0.25) is 0 Å². The zero-order valence-corrected chi connectivity index (χ0v) is 21.6. The highest BCUT2D eigenvalue weighted by atomic mass is 19.1. The Bertz CT molecular complexity index is 1280. The molecule has 0 spiro atoms. The number of halogens is 4. The molecule has 0 radical (unpaired) electrons. The average molecular weight is 550 g/mol. The second-order valence-electron chi connectivity index (χ2n) is 9.74. The van der Waals surface area contributed by atoms with Crippen LogP contribution in [0.1, 0.15) is 43.0 Å². The number of carbonyl (C=O) groups is 1. The maximum absolute atomic E-state index is 15.8. The van der Waals surface area contributed by atoms with Crippen LogP contribution in [-0.4, -0.2) is 54.3 Å². The minimum Gasteiger partial charge on any atom is -0.497 e. The maximum atomic E-state index is 15.8.